The molecule has 0 aliphatic heterocycles. The third kappa shape index (κ3) is 2.94. The van der Waals surface area contributed by atoms with Gasteiger partial charge in [-0.25, -0.2) is 4.39 Å². The first-order valence-corrected chi connectivity index (χ1v) is 7.69. The van der Waals surface area contributed by atoms with E-state index >= 15 is 0 Å². The second kappa shape index (κ2) is 5.30. The van der Waals surface area contributed by atoms with Crippen LogP contribution in [0.4, 0.5) is 4.39 Å². The van der Waals surface area contributed by atoms with Gasteiger partial charge < -0.3 is 5.32 Å². The second-order valence-electron chi connectivity index (χ2n) is 5.72. The standard InChI is InChI=1S/C15H19BrFN/c16-13-4-3-11(15(17)8-13)7-10-1-2-12(10)9-18-14-5-6-14/h3-4,8,10,12,14,18H,1-2,5-7,9H2. The van der Waals surface area contributed by atoms with Gasteiger partial charge in [-0.1, -0.05) is 22.0 Å². The Bertz CT molecular complexity index is 431. The summed E-state index contributed by atoms with van der Waals surface area (Å²) in [5.41, 5.74) is 0.874. The average Bonchev–Trinajstić information content (AvgIpc) is 3.10. The summed E-state index contributed by atoms with van der Waals surface area (Å²) in [7, 11) is 0. The first-order valence-electron chi connectivity index (χ1n) is 6.89. The molecule has 2 saturated carbocycles. The Balaban J connectivity index is 1.54. The fraction of sp³-hybridized carbons (Fsp3) is 0.600. The molecule has 0 heterocycles. The van der Waals surface area contributed by atoms with Crippen molar-refractivity contribution >= 4 is 15.9 Å². The largest absolute Gasteiger partial charge is 0.314 e. The van der Waals surface area contributed by atoms with Gasteiger partial charge in [0.1, 0.15) is 5.82 Å². The van der Waals surface area contributed by atoms with Gasteiger partial charge in [0, 0.05) is 10.5 Å². The fourth-order valence-electron chi connectivity index (χ4n) is 2.75. The lowest BCUT2D eigenvalue weighted by atomic mass is 9.70. The quantitative estimate of drug-likeness (QED) is 0.869. The second-order valence-corrected chi connectivity index (χ2v) is 6.64. The molecule has 2 aliphatic rings. The molecule has 98 valence electrons. The van der Waals surface area contributed by atoms with Crippen LogP contribution >= 0.6 is 15.9 Å². The van der Waals surface area contributed by atoms with Crippen molar-refractivity contribution in [2.75, 3.05) is 6.54 Å². The van der Waals surface area contributed by atoms with E-state index in [1.165, 1.54) is 25.7 Å². The molecule has 1 aromatic rings. The zero-order valence-electron chi connectivity index (χ0n) is 10.5. The smallest absolute Gasteiger partial charge is 0.127 e. The first kappa shape index (κ1) is 12.6. The molecule has 0 aromatic heterocycles. The predicted octanol–water partition coefficient (Wildman–Crippen LogP) is 3.91. The molecule has 1 nitrogen and oxygen atoms in total. The highest BCUT2D eigenvalue weighted by Crippen LogP contribution is 2.37. The minimum Gasteiger partial charge on any atom is -0.314 e. The number of benzene rings is 1. The van der Waals surface area contributed by atoms with E-state index in [1.807, 2.05) is 12.1 Å². The normalized spacial score (nSPS) is 27.0. The summed E-state index contributed by atoms with van der Waals surface area (Å²) in [4.78, 5) is 0. The number of nitrogens with one attached hydrogen (secondary N) is 1. The summed E-state index contributed by atoms with van der Waals surface area (Å²) in [6, 6.07) is 6.22. The van der Waals surface area contributed by atoms with Gasteiger partial charge >= 0.3 is 0 Å². The third-order valence-electron chi connectivity index (χ3n) is 4.32. The zero-order valence-corrected chi connectivity index (χ0v) is 12.0. The molecule has 1 aromatic carbocycles. The Morgan fingerprint density at radius 3 is 2.56 bits per heavy atom. The predicted molar refractivity (Wildman–Crippen MR) is 75.0 cm³/mol. The molecule has 3 rings (SSSR count). The van der Waals surface area contributed by atoms with E-state index in [0.717, 1.165) is 35.0 Å². The van der Waals surface area contributed by atoms with Gasteiger partial charge in [0.25, 0.3) is 0 Å². The summed E-state index contributed by atoms with van der Waals surface area (Å²) in [6.45, 7) is 1.13. The van der Waals surface area contributed by atoms with Crippen LogP contribution in [0.25, 0.3) is 0 Å². The Morgan fingerprint density at radius 1 is 1.17 bits per heavy atom. The molecule has 2 unspecified atom stereocenters. The van der Waals surface area contributed by atoms with E-state index in [9.17, 15) is 4.39 Å². The van der Waals surface area contributed by atoms with Crippen molar-refractivity contribution in [3.05, 3.63) is 34.1 Å². The van der Waals surface area contributed by atoms with Crippen LogP contribution in [0.3, 0.4) is 0 Å². The lowest BCUT2D eigenvalue weighted by molar-refractivity contribution is 0.169. The average molecular weight is 312 g/mol. The van der Waals surface area contributed by atoms with Crippen LogP contribution in [-0.4, -0.2) is 12.6 Å². The van der Waals surface area contributed by atoms with Crippen LogP contribution in [0.15, 0.2) is 22.7 Å². The number of hydrogen-bond acceptors (Lipinski definition) is 1. The lowest BCUT2D eigenvalue weighted by Gasteiger charge is -2.37. The first-order chi connectivity index (χ1) is 8.72. The third-order valence-corrected chi connectivity index (χ3v) is 4.81. The Kier molecular flexibility index (Phi) is 3.71. The monoisotopic (exact) mass is 311 g/mol. The molecular weight excluding hydrogens is 293 g/mol. The van der Waals surface area contributed by atoms with Crippen molar-refractivity contribution in [3.8, 4) is 0 Å². The summed E-state index contributed by atoms with van der Waals surface area (Å²) < 4.78 is 14.6. The maximum Gasteiger partial charge on any atom is 0.127 e. The molecule has 1 N–H and O–H groups in total. The van der Waals surface area contributed by atoms with E-state index < -0.39 is 0 Å². The van der Waals surface area contributed by atoms with E-state index in [2.05, 4.69) is 21.2 Å². The lowest BCUT2D eigenvalue weighted by Crippen LogP contribution is -2.37. The van der Waals surface area contributed by atoms with E-state index in [0.29, 0.717) is 5.92 Å². The van der Waals surface area contributed by atoms with Crippen LogP contribution in [0.1, 0.15) is 31.2 Å². The molecule has 2 atom stereocenters. The van der Waals surface area contributed by atoms with E-state index in [1.54, 1.807) is 6.07 Å². The molecule has 0 radical (unpaired) electrons. The van der Waals surface area contributed by atoms with Gasteiger partial charge in [-0.15, -0.1) is 0 Å². The maximum absolute atomic E-state index is 13.8. The summed E-state index contributed by atoms with van der Waals surface area (Å²) >= 11 is 3.30. The molecule has 0 spiro atoms. The molecule has 0 amide bonds. The van der Waals surface area contributed by atoms with Gasteiger partial charge in [-0.2, -0.15) is 0 Å². The van der Waals surface area contributed by atoms with E-state index in [-0.39, 0.29) is 5.82 Å². The fourth-order valence-corrected chi connectivity index (χ4v) is 3.08. The van der Waals surface area contributed by atoms with Crippen molar-refractivity contribution in [1.82, 2.24) is 5.32 Å². The molecular formula is C15H19BrFN. The van der Waals surface area contributed by atoms with Gasteiger partial charge in [0.15, 0.2) is 0 Å². The van der Waals surface area contributed by atoms with Gasteiger partial charge in [-0.05, 0) is 68.2 Å². The molecule has 2 aliphatic carbocycles. The van der Waals surface area contributed by atoms with Crippen molar-refractivity contribution in [2.45, 2.75) is 38.1 Å². The van der Waals surface area contributed by atoms with Crippen LogP contribution in [0, 0.1) is 17.7 Å². The highest BCUT2D eigenvalue weighted by Gasteiger charge is 2.32. The van der Waals surface area contributed by atoms with Crippen molar-refractivity contribution in [3.63, 3.8) is 0 Å². The summed E-state index contributed by atoms with van der Waals surface area (Å²) in [5.74, 6) is 1.37. The maximum atomic E-state index is 13.8. The van der Waals surface area contributed by atoms with Crippen molar-refractivity contribution in [2.24, 2.45) is 11.8 Å². The molecule has 3 heteroatoms. The SMILES string of the molecule is Fc1cc(Br)ccc1CC1CCC1CNC1CC1. The minimum absolute atomic E-state index is 0.0647. The van der Waals surface area contributed by atoms with Gasteiger partial charge in [-0.3, -0.25) is 0 Å². The molecule has 18 heavy (non-hydrogen) atoms. The Labute approximate surface area is 116 Å². The number of rotatable bonds is 5. The number of hydrogen-bond donors (Lipinski definition) is 1. The van der Waals surface area contributed by atoms with Crippen LogP contribution in [0.2, 0.25) is 0 Å². The van der Waals surface area contributed by atoms with Gasteiger partial charge in [0.05, 0.1) is 0 Å². The van der Waals surface area contributed by atoms with Crippen molar-refractivity contribution in [1.29, 1.82) is 0 Å². The van der Waals surface area contributed by atoms with Gasteiger partial charge in [0.2, 0.25) is 0 Å². The minimum atomic E-state index is -0.0647. The molecule has 2 fully saturated rings. The highest BCUT2D eigenvalue weighted by molar-refractivity contribution is 9.10. The summed E-state index contributed by atoms with van der Waals surface area (Å²) in [5, 5.41) is 3.60. The van der Waals surface area contributed by atoms with Crippen LogP contribution in [-0.2, 0) is 6.42 Å². The summed E-state index contributed by atoms with van der Waals surface area (Å²) in [6.07, 6.45) is 6.16. The molecule has 0 saturated heterocycles. The Morgan fingerprint density at radius 2 is 1.94 bits per heavy atom. The van der Waals surface area contributed by atoms with Crippen LogP contribution < -0.4 is 5.32 Å². The van der Waals surface area contributed by atoms with Crippen LogP contribution in [0.5, 0.6) is 0 Å². The molecule has 0 bridgehead atoms. The Hall–Kier alpha value is -0.410. The topological polar surface area (TPSA) is 12.0 Å². The van der Waals surface area contributed by atoms with Crippen molar-refractivity contribution < 1.29 is 4.39 Å². The number of halogens is 2. The zero-order chi connectivity index (χ0) is 12.5. The highest BCUT2D eigenvalue weighted by atomic mass is 79.9. The van der Waals surface area contributed by atoms with E-state index in [4.69, 9.17) is 0 Å².